The van der Waals surface area contributed by atoms with Crippen molar-refractivity contribution in [1.29, 1.82) is 0 Å². The van der Waals surface area contributed by atoms with Gasteiger partial charge in [-0.15, -0.1) is 0 Å². The number of aliphatic hydroxyl groups excluding tert-OH is 1. The van der Waals surface area contributed by atoms with Gasteiger partial charge < -0.3 is 10.4 Å². The lowest BCUT2D eigenvalue weighted by atomic mass is 10.1. The first-order valence-electron chi connectivity index (χ1n) is 4.16. The fourth-order valence-electron chi connectivity index (χ4n) is 0.651. The van der Waals surface area contributed by atoms with Gasteiger partial charge in [-0.05, 0) is 18.9 Å². The molecule has 0 spiro atoms. The van der Waals surface area contributed by atoms with Crippen LogP contribution in [0.5, 0.6) is 0 Å². The van der Waals surface area contributed by atoms with Crippen LogP contribution < -0.4 is 5.32 Å². The highest BCUT2D eigenvalue weighted by molar-refractivity contribution is 5.87. The SMILES string of the molecule is C/C=C/C(=O)NCC(O)C(C)C. The van der Waals surface area contributed by atoms with Crippen molar-refractivity contribution in [1.82, 2.24) is 5.32 Å². The van der Waals surface area contributed by atoms with Crippen molar-refractivity contribution in [3.63, 3.8) is 0 Å². The molecule has 0 radical (unpaired) electrons. The molecule has 3 heteroatoms. The molecule has 70 valence electrons. The lowest BCUT2D eigenvalue weighted by molar-refractivity contribution is -0.117. The second-order valence-electron chi connectivity index (χ2n) is 3.06. The number of hydrogen-bond donors (Lipinski definition) is 2. The van der Waals surface area contributed by atoms with Crippen molar-refractivity contribution in [2.24, 2.45) is 5.92 Å². The van der Waals surface area contributed by atoms with Crippen LogP contribution in [-0.2, 0) is 4.79 Å². The highest BCUT2D eigenvalue weighted by Crippen LogP contribution is 1.98. The Hall–Kier alpha value is -0.830. The first-order chi connectivity index (χ1) is 5.57. The third-order valence-corrected chi connectivity index (χ3v) is 1.57. The summed E-state index contributed by atoms with van der Waals surface area (Å²) in [4.78, 5) is 10.9. The lowest BCUT2D eigenvalue weighted by Crippen LogP contribution is -2.33. The molecule has 0 aliphatic carbocycles. The molecule has 2 N–H and O–H groups in total. The summed E-state index contributed by atoms with van der Waals surface area (Å²) in [7, 11) is 0. The largest absolute Gasteiger partial charge is 0.391 e. The highest BCUT2D eigenvalue weighted by Gasteiger charge is 2.08. The molecule has 0 saturated carbocycles. The molecule has 1 unspecified atom stereocenters. The summed E-state index contributed by atoms with van der Waals surface area (Å²) in [5, 5.41) is 11.9. The van der Waals surface area contributed by atoms with Crippen LogP contribution in [-0.4, -0.2) is 23.7 Å². The molecular weight excluding hydrogens is 154 g/mol. The van der Waals surface area contributed by atoms with Crippen LogP contribution in [0.4, 0.5) is 0 Å². The van der Waals surface area contributed by atoms with E-state index in [1.165, 1.54) is 6.08 Å². The molecule has 0 aromatic heterocycles. The van der Waals surface area contributed by atoms with E-state index in [9.17, 15) is 9.90 Å². The minimum atomic E-state index is -0.459. The van der Waals surface area contributed by atoms with Gasteiger partial charge in [0.2, 0.25) is 5.91 Å². The summed E-state index contributed by atoms with van der Waals surface area (Å²) in [6, 6.07) is 0. The fourth-order valence-corrected chi connectivity index (χ4v) is 0.651. The third-order valence-electron chi connectivity index (χ3n) is 1.57. The van der Waals surface area contributed by atoms with E-state index >= 15 is 0 Å². The number of carbonyl (C=O) groups is 1. The van der Waals surface area contributed by atoms with Crippen LogP contribution in [0, 0.1) is 5.92 Å². The summed E-state index contributed by atoms with van der Waals surface area (Å²) in [6.07, 6.45) is 2.64. The summed E-state index contributed by atoms with van der Waals surface area (Å²) < 4.78 is 0. The maximum absolute atomic E-state index is 10.9. The molecule has 0 aromatic rings. The second-order valence-corrected chi connectivity index (χ2v) is 3.06. The third kappa shape index (κ3) is 4.91. The Labute approximate surface area is 73.5 Å². The van der Waals surface area contributed by atoms with Crippen LogP contribution in [0.1, 0.15) is 20.8 Å². The van der Waals surface area contributed by atoms with Crippen LogP contribution in [0.15, 0.2) is 12.2 Å². The maximum atomic E-state index is 10.9. The molecule has 0 bridgehead atoms. The van der Waals surface area contributed by atoms with Gasteiger partial charge in [0, 0.05) is 6.54 Å². The van der Waals surface area contributed by atoms with Crippen molar-refractivity contribution in [3.05, 3.63) is 12.2 Å². The van der Waals surface area contributed by atoms with Crippen LogP contribution in [0.3, 0.4) is 0 Å². The fraction of sp³-hybridized carbons (Fsp3) is 0.667. The van der Waals surface area contributed by atoms with Crippen LogP contribution in [0.2, 0.25) is 0 Å². The Bertz CT molecular complexity index is 164. The molecule has 1 amide bonds. The van der Waals surface area contributed by atoms with E-state index in [0.29, 0.717) is 6.54 Å². The van der Waals surface area contributed by atoms with E-state index in [-0.39, 0.29) is 11.8 Å². The number of aliphatic hydroxyl groups is 1. The first kappa shape index (κ1) is 11.2. The van der Waals surface area contributed by atoms with Crippen molar-refractivity contribution in [3.8, 4) is 0 Å². The number of allylic oxidation sites excluding steroid dienone is 1. The standard InChI is InChI=1S/C9H17NO2/c1-4-5-9(12)10-6-8(11)7(2)3/h4-5,7-8,11H,6H2,1-3H3,(H,10,12)/b5-4+. The molecule has 0 saturated heterocycles. The Morgan fingerprint density at radius 1 is 1.58 bits per heavy atom. The predicted molar refractivity (Wildman–Crippen MR) is 48.7 cm³/mol. The van der Waals surface area contributed by atoms with Gasteiger partial charge in [0.25, 0.3) is 0 Å². The number of amides is 1. The molecule has 0 aliphatic rings. The summed E-state index contributed by atoms with van der Waals surface area (Å²) >= 11 is 0. The van der Waals surface area contributed by atoms with E-state index < -0.39 is 6.10 Å². The number of nitrogens with one attached hydrogen (secondary N) is 1. The van der Waals surface area contributed by atoms with E-state index in [4.69, 9.17) is 0 Å². The van der Waals surface area contributed by atoms with E-state index in [1.54, 1.807) is 13.0 Å². The summed E-state index contributed by atoms with van der Waals surface area (Å²) in [5.74, 6) is 0.0214. The summed E-state index contributed by atoms with van der Waals surface area (Å²) in [6.45, 7) is 5.91. The number of carbonyl (C=O) groups excluding carboxylic acids is 1. The molecule has 0 rings (SSSR count). The number of hydrogen-bond acceptors (Lipinski definition) is 2. The van der Waals surface area contributed by atoms with Crippen molar-refractivity contribution >= 4 is 5.91 Å². The van der Waals surface area contributed by atoms with Crippen molar-refractivity contribution in [2.45, 2.75) is 26.9 Å². The average Bonchev–Trinajstić information content (AvgIpc) is 2.00. The molecule has 12 heavy (non-hydrogen) atoms. The number of rotatable bonds is 4. The Morgan fingerprint density at radius 2 is 2.17 bits per heavy atom. The molecule has 0 heterocycles. The minimum Gasteiger partial charge on any atom is -0.391 e. The average molecular weight is 171 g/mol. The van der Waals surface area contributed by atoms with Gasteiger partial charge in [0.05, 0.1) is 6.10 Å². The maximum Gasteiger partial charge on any atom is 0.243 e. The molecular formula is C9H17NO2. The molecule has 0 aliphatic heterocycles. The van der Waals surface area contributed by atoms with E-state index in [1.807, 2.05) is 13.8 Å². The van der Waals surface area contributed by atoms with Gasteiger partial charge >= 0.3 is 0 Å². The Kier molecular flexibility index (Phi) is 5.37. The van der Waals surface area contributed by atoms with Crippen LogP contribution >= 0.6 is 0 Å². The zero-order chi connectivity index (χ0) is 9.56. The van der Waals surface area contributed by atoms with Crippen LogP contribution in [0.25, 0.3) is 0 Å². The van der Waals surface area contributed by atoms with Gasteiger partial charge in [-0.2, -0.15) is 0 Å². The summed E-state index contributed by atoms with van der Waals surface area (Å²) in [5.41, 5.74) is 0. The lowest BCUT2D eigenvalue weighted by Gasteiger charge is -2.13. The monoisotopic (exact) mass is 171 g/mol. The highest BCUT2D eigenvalue weighted by atomic mass is 16.3. The van der Waals surface area contributed by atoms with E-state index in [2.05, 4.69) is 5.32 Å². The van der Waals surface area contributed by atoms with E-state index in [0.717, 1.165) is 0 Å². The zero-order valence-corrected chi connectivity index (χ0v) is 7.87. The smallest absolute Gasteiger partial charge is 0.243 e. The predicted octanol–water partition coefficient (Wildman–Crippen LogP) is 0.696. The molecule has 1 atom stereocenters. The second kappa shape index (κ2) is 5.77. The first-order valence-corrected chi connectivity index (χ1v) is 4.16. The topological polar surface area (TPSA) is 49.3 Å². The Morgan fingerprint density at radius 3 is 2.58 bits per heavy atom. The van der Waals surface area contributed by atoms with Gasteiger partial charge in [0.1, 0.15) is 0 Å². The quantitative estimate of drug-likeness (QED) is 0.612. The van der Waals surface area contributed by atoms with Gasteiger partial charge in [0.15, 0.2) is 0 Å². The van der Waals surface area contributed by atoms with Crippen molar-refractivity contribution in [2.75, 3.05) is 6.54 Å². The normalized spacial score (nSPS) is 13.8. The molecule has 3 nitrogen and oxygen atoms in total. The molecule has 0 aromatic carbocycles. The molecule has 0 fully saturated rings. The van der Waals surface area contributed by atoms with Gasteiger partial charge in [-0.3, -0.25) is 4.79 Å². The Balaban J connectivity index is 3.61. The zero-order valence-electron chi connectivity index (χ0n) is 7.87. The minimum absolute atomic E-state index is 0.155. The van der Waals surface area contributed by atoms with Crippen molar-refractivity contribution < 1.29 is 9.90 Å². The van der Waals surface area contributed by atoms with Gasteiger partial charge in [-0.25, -0.2) is 0 Å². The van der Waals surface area contributed by atoms with Gasteiger partial charge in [-0.1, -0.05) is 19.9 Å².